The zero-order valence-corrected chi connectivity index (χ0v) is 11.5. The van der Waals surface area contributed by atoms with Gasteiger partial charge in [-0.25, -0.2) is 4.79 Å². The predicted molar refractivity (Wildman–Crippen MR) is 77.7 cm³/mol. The van der Waals surface area contributed by atoms with Crippen LogP contribution in [0.15, 0.2) is 48.5 Å². The summed E-state index contributed by atoms with van der Waals surface area (Å²) in [5.41, 5.74) is 1.60. The minimum absolute atomic E-state index is 0.409. The average molecular weight is 290 g/mol. The lowest BCUT2D eigenvalue weighted by Crippen LogP contribution is -2.02. The van der Waals surface area contributed by atoms with E-state index >= 15 is 0 Å². The molecule has 0 aliphatic rings. The summed E-state index contributed by atoms with van der Waals surface area (Å²) in [6.45, 7) is 0. The van der Waals surface area contributed by atoms with Gasteiger partial charge >= 0.3 is 5.97 Å². The molecule has 0 radical (unpaired) electrons. The van der Waals surface area contributed by atoms with Crippen molar-refractivity contribution >= 4 is 29.5 Å². The Balaban J connectivity index is 2.21. The van der Waals surface area contributed by atoms with Crippen molar-refractivity contribution in [2.24, 2.45) is 0 Å². The van der Waals surface area contributed by atoms with Gasteiger partial charge in [-0.15, -0.1) is 0 Å². The lowest BCUT2D eigenvalue weighted by molar-refractivity contribution is -0.354. The standard InChI is InChI=1S/C15H12ClNO3/c1-20-15(18)12-4-2-11(3-5-12)10-17(19)14-8-6-13(16)7-9-14/h2-10H,1H3. The maximum Gasteiger partial charge on any atom is 0.337 e. The van der Waals surface area contributed by atoms with E-state index in [1.807, 2.05) is 0 Å². The van der Waals surface area contributed by atoms with Gasteiger partial charge in [-0.05, 0) is 36.4 Å². The van der Waals surface area contributed by atoms with Gasteiger partial charge in [0, 0.05) is 22.7 Å². The summed E-state index contributed by atoms with van der Waals surface area (Å²) in [6, 6.07) is 13.1. The first-order chi connectivity index (χ1) is 9.60. The summed E-state index contributed by atoms with van der Waals surface area (Å²) in [7, 11) is 1.32. The molecule has 0 saturated carbocycles. The SMILES string of the molecule is COC(=O)c1ccc(C=[N+]([O-])c2ccc(Cl)cc2)cc1. The van der Waals surface area contributed by atoms with Crippen molar-refractivity contribution in [1.82, 2.24) is 0 Å². The Kier molecular flexibility index (Phi) is 4.38. The Morgan fingerprint density at radius 2 is 1.75 bits per heavy atom. The maximum atomic E-state index is 11.9. The molecule has 2 rings (SSSR count). The number of esters is 1. The van der Waals surface area contributed by atoms with Crippen LogP contribution >= 0.6 is 11.6 Å². The number of hydrogen-bond donors (Lipinski definition) is 0. The molecule has 20 heavy (non-hydrogen) atoms. The van der Waals surface area contributed by atoms with E-state index in [2.05, 4.69) is 4.74 Å². The number of carbonyl (C=O) groups excluding carboxylic acids is 1. The molecule has 0 saturated heterocycles. The zero-order chi connectivity index (χ0) is 14.5. The number of nitrogens with zero attached hydrogens (tertiary/aromatic N) is 1. The Bertz CT molecular complexity index is 633. The van der Waals surface area contributed by atoms with Crippen molar-refractivity contribution in [3.63, 3.8) is 0 Å². The molecule has 5 heteroatoms. The molecular weight excluding hydrogens is 278 g/mol. The van der Waals surface area contributed by atoms with Crippen molar-refractivity contribution < 1.29 is 14.3 Å². The first kappa shape index (κ1) is 14.1. The van der Waals surface area contributed by atoms with E-state index < -0.39 is 5.97 Å². The number of hydrogen-bond acceptors (Lipinski definition) is 3. The zero-order valence-electron chi connectivity index (χ0n) is 10.7. The second kappa shape index (κ2) is 6.21. The topological polar surface area (TPSA) is 52.4 Å². The molecule has 0 fully saturated rings. The molecule has 0 heterocycles. The van der Waals surface area contributed by atoms with Gasteiger partial charge in [-0.3, -0.25) is 0 Å². The fraction of sp³-hybridized carbons (Fsp3) is 0.0667. The molecule has 4 nitrogen and oxygen atoms in total. The van der Waals surface area contributed by atoms with Crippen LogP contribution < -0.4 is 0 Å². The number of carbonyl (C=O) groups is 1. The van der Waals surface area contributed by atoms with Crippen molar-refractivity contribution in [3.05, 3.63) is 69.9 Å². The van der Waals surface area contributed by atoms with Crippen molar-refractivity contribution in [1.29, 1.82) is 0 Å². The molecule has 0 spiro atoms. The van der Waals surface area contributed by atoms with Gasteiger partial charge < -0.3 is 9.94 Å². The van der Waals surface area contributed by atoms with E-state index in [0.29, 0.717) is 21.8 Å². The van der Waals surface area contributed by atoms with Gasteiger partial charge in [0.05, 0.1) is 12.7 Å². The summed E-state index contributed by atoms with van der Waals surface area (Å²) in [4.78, 5) is 11.3. The molecule has 2 aromatic rings. The first-order valence-electron chi connectivity index (χ1n) is 5.85. The molecule has 0 unspecified atom stereocenters. The van der Waals surface area contributed by atoms with E-state index in [-0.39, 0.29) is 0 Å². The third-order valence-corrected chi connectivity index (χ3v) is 2.93. The molecule has 2 aromatic carbocycles. The van der Waals surface area contributed by atoms with E-state index in [1.165, 1.54) is 13.3 Å². The highest BCUT2D eigenvalue weighted by molar-refractivity contribution is 6.30. The molecule has 0 aliphatic carbocycles. The second-order valence-electron chi connectivity index (χ2n) is 4.04. The van der Waals surface area contributed by atoms with Crippen LogP contribution in [0.4, 0.5) is 5.69 Å². The van der Waals surface area contributed by atoms with Gasteiger partial charge in [-0.1, -0.05) is 11.6 Å². The number of rotatable bonds is 3. The van der Waals surface area contributed by atoms with Crippen molar-refractivity contribution in [3.8, 4) is 0 Å². The molecule has 0 N–H and O–H groups in total. The highest BCUT2D eigenvalue weighted by Gasteiger charge is 2.05. The van der Waals surface area contributed by atoms with E-state index in [4.69, 9.17) is 11.6 Å². The van der Waals surface area contributed by atoms with Gasteiger partial charge in [0.2, 0.25) is 5.69 Å². The van der Waals surface area contributed by atoms with Crippen LogP contribution in [-0.4, -0.2) is 24.0 Å². The fourth-order valence-corrected chi connectivity index (χ4v) is 1.75. The van der Waals surface area contributed by atoms with E-state index in [1.54, 1.807) is 48.5 Å². The predicted octanol–water partition coefficient (Wildman–Crippen LogP) is 3.39. The molecule has 0 aliphatic heterocycles. The van der Waals surface area contributed by atoms with Gasteiger partial charge in [0.15, 0.2) is 6.21 Å². The maximum absolute atomic E-state index is 11.9. The monoisotopic (exact) mass is 289 g/mol. The molecule has 0 amide bonds. The number of ether oxygens (including phenoxy) is 1. The quantitative estimate of drug-likeness (QED) is 0.286. The van der Waals surface area contributed by atoms with Crippen LogP contribution in [-0.2, 0) is 4.74 Å². The molecule has 0 atom stereocenters. The third kappa shape index (κ3) is 3.36. The van der Waals surface area contributed by atoms with Gasteiger partial charge in [0.25, 0.3) is 0 Å². The summed E-state index contributed by atoms with van der Waals surface area (Å²) in [5.74, 6) is -0.409. The van der Waals surface area contributed by atoms with Crippen LogP contribution in [0, 0.1) is 5.21 Å². The Morgan fingerprint density at radius 3 is 2.30 bits per heavy atom. The van der Waals surface area contributed by atoms with Crippen LogP contribution in [0.5, 0.6) is 0 Å². The average Bonchev–Trinajstić information content (AvgIpc) is 2.48. The Hall–Kier alpha value is -2.33. The Morgan fingerprint density at radius 1 is 1.15 bits per heavy atom. The van der Waals surface area contributed by atoms with E-state index in [0.717, 1.165) is 4.74 Å². The number of halogens is 1. The van der Waals surface area contributed by atoms with Crippen molar-refractivity contribution in [2.75, 3.05) is 7.11 Å². The highest BCUT2D eigenvalue weighted by Crippen LogP contribution is 2.15. The van der Waals surface area contributed by atoms with Crippen LogP contribution in [0.3, 0.4) is 0 Å². The normalized spacial score (nSPS) is 11.2. The molecule has 102 valence electrons. The van der Waals surface area contributed by atoms with E-state index in [9.17, 15) is 10.0 Å². The lowest BCUT2D eigenvalue weighted by atomic mass is 10.1. The largest absolute Gasteiger partial charge is 0.618 e. The summed E-state index contributed by atoms with van der Waals surface area (Å²) >= 11 is 5.76. The highest BCUT2D eigenvalue weighted by atomic mass is 35.5. The summed E-state index contributed by atoms with van der Waals surface area (Å²) in [5, 5.41) is 12.5. The summed E-state index contributed by atoms with van der Waals surface area (Å²) < 4.78 is 5.34. The minimum Gasteiger partial charge on any atom is -0.618 e. The van der Waals surface area contributed by atoms with Gasteiger partial charge in [0.1, 0.15) is 0 Å². The number of methoxy groups -OCH3 is 1. The van der Waals surface area contributed by atoms with Gasteiger partial charge in [-0.2, -0.15) is 4.74 Å². The number of benzene rings is 2. The fourth-order valence-electron chi connectivity index (χ4n) is 1.62. The third-order valence-electron chi connectivity index (χ3n) is 2.68. The smallest absolute Gasteiger partial charge is 0.337 e. The van der Waals surface area contributed by atoms with Crippen LogP contribution in [0.25, 0.3) is 0 Å². The summed E-state index contributed by atoms with van der Waals surface area (Å²) in [6.07, 6.45) is 1.42. The first-order valence-corrected chi connectivity index (χ1v) is 6.23. The van der Waals surface area contributed by atoms with Crippen LogP contribution in [0.1, 0.15) is 15.9 Å². The molecular formula is C15H12ClNO3. The van der Waals surface area contributed by atoms with Crippen molar-refractivity contribution in [2.45, 2.75) is 0 Å². The lowest BCUT2D eigenvalue weighted by Gasteiger charge is -2.03. The van der Waals surface area contributed by atoms with Crippen LogP contribution in [0.2, 0.25) is 5.02 Å². The molecule has 0 bridgehead atoms. The Labute approximate surface area is 121 Å². The second-order valence-corrected chi connectivity index (χ2v) is 4.48. The minimum atomic E-state index is -0.409. The molecule has 0 aromatic heterocycles.